The van der Waals surface area contributed by atoms with Crippen LogP contribution in [0.25, 0.3) is 10.9 Å². The van der Waals surface area contributed by atoms with Crippen LogP contribution in [0.3, 0.4) is 0 Å². The zero-order valence-corrected chi connectivity index (χ0v) is 14.5. The molecule has 4 heteroatoms. The topological polar surface area (TPSA) is 17.4 Å². The molecule has 0 fully saturated rings. The van der Waals surface area contributed by atoms with Crippen molar-refractivity contribution in [3.8, 4) is 5.75 Å². The Morgan fingerprint density at radius 2 is 1.74 bits per heavy atom. The lowest BCUT2D eigenvalue weighted by Gasteiger charge is -2.13. The van der Waals surface area contributed by atoms with Crippen LogP contribution in [0.1, 0.15) is 11.3 Å². The maximum atomic E-state index is 5.98. The van der Waals surface area contributed by atoms with Gasteiger partial charge in [0, 0.05) is 29.5 Å². The zero-order valence-electron chi connectivity index (χ0n) is 13.7. The van der Waals surface area contributed by atoms with Crippen LogP contribution in [0.2, 0.25) is 5.02 Å². The third-order valence-electron chi connectivity index (χ3n) is 4.01. The highest BCUT2D eigenvalue weighted by Crippen LogP contribution is 2.27. The quantitative estimate of drug-likeness (QED) is 0.687. The highest BCUT2D eigenvalue weighted by Gasteiger charge is 2.15. The van der Waals surface area contributed by atoms with Crippen LogP contribution in [0, 0.1) is 0 Å². The van der Waals surface area contributed by atoms with Crippen molar-refractivity contribution < 1.29 is 4.74 Å². The lowest BCUT2D eigenvalue weighted by molar-refractivity contribution is 0.293. The second-order valence-electron chi connectivity index (χ2n) is 5.98. The number of hydrogen-bond donors (Lipinski definition) is 0. The second-order valence-corrected chi connectivity index (χ2v) is 6.42. The summed E-state index contributed by atoms with van der Waals surface area (Å²) in [6, 6.07) is 16.0. The molecule has 2 aromatic carbocycles. The van der Waals surface area contributed by atoms with E-state index in [-0.39, 0.29) is 0 Å². The van der Waals surface area contributed by atoms with Gasteiger partial charge in [-0.1, -0.05) is 29.8 Å². The lowest BCUT2D eigenvalue weighted by Crippen LogP contribution is -2.13. The van der Waals surface area contributed by atoms with Gasteiger partial charge in [-0.05, 0) is 50.0 Å². The molecule has 3 aromatic rings. The van der Waals surface area contributed by atoms with E-state index in [1.165, 1.54) is 22.2 Å². The first-order valence-electron chi connectivity index (χ1n) is 7.64. The van der Waals surface area contributed by atoms with E-state index < -0.39 is 0 Å². The predicted molar refractivity (Wildman–Crippen MR) is 96.1 cm³/mol. The fourth-order valence-electron chi connectivity index (χ4n) is 2.88. The van der Waals surface area contributed by atoms with Gasteiger partial charge in [0.2, 0.25) is 0 Å². The van der Waals surface area contributed by atoms with Crippen molar-refractivity contribution in [3.63, 3.8) is 0 Å². The average molecular weight is 329 g/mol. The van der Waals surface area contributed by atoms with Crippen molar-refractivity contribution in [3.05, 3.63) is 64.8 Å². The minimum absolute atomic E-state index is 0.538. The van der Waals surface area contributed by atoms with Crippen LogP contribution < -0.4 is 4.74 Å². The van der Waals surface area contributed by atoms with Crippen molar-refractivity contribution in [2.75, 3.05) is 14.1 Å². The first-order chi connectivity index (χ1) is 11.1. The summed E-state index contributed by atoms with van der Waals surface area (Å²) in [5.41, 5.74) is 3.76. The molecule has 1 heterocycles. The van der Waals surface area contributed by atoms with Crippen molar-refractivity contribution in [1.29, 1.82) is 0 Å². The summed E-state index contributed by atoms with van der Waals surface area (Å²) in [5.74, 6) is 0.829. The number of aromatic nitrogens is 1. The largest absolute Gasteiger partial charge is 0.487 e. The maximum absolute atomic E-state index is 5.98. The van der Waals surface area contributed by atoms with E-state index in [1.807, 2.05) is 24.3 Å². The van der Waals surface area contributed by atoms with Gasteiger partial charge in [-0.3, -0.25) is 0 Å². The van der Waals surface area contributed by atoms with Crippen LogP contribution in [0.15, 0.2) is 48.5 Å². The number of aryl methyl sites for hydroxylation is 1. The van der Waals surface area contributed by atoms with Gasteiger partial charge in [-0.2, -0.15) is 0 Å². The molecule has 0 radical (unpaired) electrons. The minimum Gasteiger partial charge on any atom is -0.487 e. The van der Waals surface area contributed by atoms with E-state index in [0.29, 0.717) is 6.61 Å². The molecular weight excluding hydrogens is 308 g/mol. The highest BCUT2D eigenvalue weighted by molar-refractivity contribution is 6.30. The first-order valence-corrected chi connectivity index (χ1v) is 8.02. The Morgan fingerprint density at radius 3 is 2.43 bits per heavy atom. The summed E-state index contributed by atoms with van der Waals surface area (Å²) in [6.07, 6.45) is 0. The minimum atomic E-state index is 0.538. The monoisotopic (exact) mass is 328 g/mol. The molecule has 0 saturated carbocycles. The van der Waals surface area contributed by atoms with Crippen molar-refractivity contribution in [2.24, 2.45) is 7.05 Å². The number of halogens is 1. The smallest absolute Gasteiger partial charge is 0.129 e. The van der Waals surface area contributed by atoms with Gasteiger partial charge < -0.3 is 14.2 Å². The Hall–Kier alpha value is -1.97. The number of nitrogens with zero attached hydrogens (tertiary/aromatic N) is 2. The molecule has 23 heavy (non-hydrogen) atoms. The molecule has 0 aliphatic rings. The maximum Gasteiger partial charge on any atom is 0.129 e. The number of hydrogen-bond acceptors (Lipinski definition) is 2. The molecule has 0 spiro atoms. The van der Waals surface area contributed by atoms with E-state index >= 15 is 0 Å². The molecule has 0 saturated heterocycles. The summed E-state index contributed by atoms with van der Waals surface area (Å²) in [6.45, 7) is 1.43. The van der Waals surface area contributed by atoms with Crippen molar-refractivity contribution in [1.82, 2.24) is 9.47 Å². The van der Waals surface area contributed by atoms with E-state index in [9.17, 15) is 0 Å². The van der Waals surface area contributed by atoms with Crippen LogP contribution in [0.4, 0.5) is 0 Å². The first kappa shape index (κ1) is 15.9. The Balaban J connectivity index is 1.95. The van der Waals surface area contributed by atoms with Gasteiger partial charge in [-0.25, -0.2) is 0 Å². The Kier molecular flexibility index (Phi) is 4.60. The summed E-state index contributed by atoms with van der Waals surface area (Å²) in [4.78, 5) is 2.19. The summed E-state index contributed by atoms with van der Waals surface area (Å²) in [5, 5.41) is 2.01. The lowest BCUT2D eigenvalue weighted by atomic mass is 10.1. The SMILES string of the molecule is CN(C)Cc1c(COc2ccc(Cl)cc2)n(C)c2ccccc12. The van der Waals surface area contributed by atoms with Gasteiger partial charge in [0.05, 0.1) is 5.69 Å². The summed E-state index contributed by atoms with van der Waals surface area (Å²) < 4.78 is 8.21. The van der Waals surface area contributed by atoms with Crippen LogP contribution in [0.5, 0.6) is 5.75 Å². The highest BCUT2D eigenvalue weighted by atomic mass is 35.5. The Bertz CT molecular complexity index is 806. The molecule has 0 unspecified atom stereocenters. The third kappa shape index (κ3) is 3.36. The van der Waals surface area contributed by atoms with Crippen LogP contribution >= 0.6 is 11.6 Å². The van der Waals surface area contributed by atoms with Crippen molar-refractivity contribution >= 4 is 22.5 Å². The fraction of sp³-hybridized carbons (Fsp3) is 0.263. The third-order valence-corrected chi connectivity index (χ3v) is 4.26. The Labute approximate surface area is 142 Å². The predicted octanol–water partition coefficient (Wildman–Crippen LogP) is 4.47. The molecule has 3 nitrogen and oxygen atoms in total. The van der Waals surface area contributed by atoms with E-state index in [1.54, 1.807) is 0 Å². The number of rotatable bonds is 5. The van der Waals surface area contributed by atoms with Gasteiger partial charge in [0.1, 0.15) is 12.4 Å². The molecule has 0 N–H and O–H groups in total. The van der Waals surface area contributed by atoms with Gasteiger partial charge in [0.15, 0.2) is 0 Å². The van der Waals surface area contributed by atoms with Crippen LogP contribution in [-0.4, -0.2) is 23.6 Å². The number of ether oxygens (including phenoxy) is 1. The van der Waals surface area contributed by atoms with E-state index in [2.05, 4.69) is 54.9 Å². The molecular formula is C19H21ClN2O. The van der Waals surface area contributed by atoms with Gasteiger partial charge in [0.25, 0.3) is 0 Å². The van der Waals surface area contributed by atoms with E-state index in [0.717, 1.165) is 17.3 Å². The molecule has 3 rings (SSSR count). The molecule has 0 atom stereocenters. The molecule has 0 amide bonds. The summed E-state index contributed by atoms with van der Waals surface area (Å²) >= 11 is 5.92. The van der Waals surface area contributed by atoms with Gasteiger partial charge >= 0.3 is 0 Å². The summed E-state index contributed by atoms with van der Waals surface area (Å²) in [7, 11) is 6.28. The molecule has 0 bridgehead atoms. The normalized spacial score (nSPS) is 11.3. The molecule has 0 aliphatic carbocycles. The number of fused-ring (bicyclic) bond motifs is 1. The van der Waals surface area contributed by atoms with E-state index in [4.69, 9.17) is 16.3 Å². The van der Waals surface area contributed by atoms with Gasteiger partial charge in [-0.15, -0.1) is 0 Å². The Morgan fingerprint density at radius 1 is 1.04 bits per heavy atom. The number of para-hydroxylation sites is 1. The number of benzene rings is 2. The molecule has 1 aromatic heterocycles. The average Bonchev–Trinajstić information content (AvgIpc) is 2.79. The second kappa shape index (κ2) is 6.65. The van der Waals surface area contributed by atoms with Crippen molar-refractivity contribution in [2.45, 2.75) is 13.2 Å². The fourth-order valence-corrected chi connectivity index (χ4v) is 3.01. The van der Waals surface area contributed by atoms with Crippen LogP contribution in [-0.2, 0) is 20.2 Å². The molecule has 0 aliphatic heterocycles. The zero-order chi connectivity index (χ0) is 16.4. The standard InChI is InChI=1S/C19H21ClN2O/c1-21(2)12-17-16-6-4-5-7-18(16)22(3)19(17)13-23-15-10-8-14(20)9-11-15/h4-11H,12-13H2,1-3H3. The molecule has 120 valence electrons.